The molecule has 0 unspecified atom stereocenters. The molecule has 0 saturated heterocycles. The van der Waals surface area contributed by atoms with Crippen LogP contribution >= 0.6 is 0 Å². The van der Waals surface area contributed by atoms with Crippen molar-refractivity contribution in [2.75, 3.05) is 7.11 Å². The van der Waals surface area contributed by atoms with E-state index in [1.54, 1.807) is 0 Å². The molecule has 0 rings (SSSR count). The Hall–Kier alpha value is 0.882. The van der Waals surface area contributed by atoms with Gasteiger partial charge in [-0.3, -0.25) is 0 Å². The van der Waals surface area contributed by atoms with Gasteiger partial charge < -0.3 is 12.5 Å². The second-order valence-corrected chi connectivity index (χ2v) is 0. The molecular weight excluding hydrogens is 152 g/mol. The molecule has 0 spiro atoms. The van der Waals surface area contributed by atoms with Crippen LogP contribution in [0.1, 0.15) is 0 Å². The maximum Gasteiger partial charge on any atom is 0.0319 e. The number of hydrogen-bond acceptors (Lipinski definition) is 1. The van der Waals surface area contributed by atoms with E-state index in [0.717, 1.165) is 7.11 Å². The van der Waals surface area contributed by atoms with Crippen LogP contribution in [0.3, 0.4) is 0 Å². The van der Waals surface area contributed by atoms with E-state index >= 15 is 0 Å². The predicted molar refractivity (Wildman–Crippen MR) is 14.6 cm³/mol. The van der Waals surface area contributed by atoms with Crippen LogP contribution in [0.4, 0.5) is 0 Å². The van der Waals surface area contributed by atoms with Crippen LogP contribution in [0.15, 0.2) is 0 Å². The van der Waals surface area contributed by atoms with Crippen LogP contribution in [-0.4, -0.2) is 12.2 Å². The summed E-state index contributed by atoms with van der Waals surface area (Å²) in [6, 6.07) is 0. The molecule has 0 fully saturated rings. The van der Waals surface area contributed by atoms with E-state index in [9.17, 15) is 0 Å². The first-order valence-corrected chi connectivity index (χ1v) is 0.447. The summed E-state index contributed by atoms with van der Waals surface area (Å²) >= 11 is 0. The minimum absolute atomic E-state index is 0. The molecule has 4 heavy (non-hydrogen) atoms. The average Bonchev–Trinajstić information content (AvgIpc) is 1.00. The molecular formula is C2H7CdO-. The zero-order valence-corrected chi connectivity index (χ0v) is 7.19. The molecule has 24 valence electrons. The van der Waals surface area contributed by atoms with Crippen molar-refractivity contribution in [1.82, 2.24) is 0 Å². The fourth-order valence-corrected chi connectivity index (χ4v) is 0. The average molecular weight is 159 g/mol. The maximum atomic E-state index is 7.00. The van der Waals surface area contributed by atoms with Gasteiger partial charge in [0, 0.05) is 34.4 Å². The van der Waals surface area contributed by atoms with Crippen LogP contribution in [0, 0.1) is 7.43 Å². The Kier molecular flexibility index (Phi) is 215. The van der Waals surface area contributed by atoms with Gasteiger partial charge in [-0.15, -0.1) is 0 Å². The van der Waals surface area contributed by atoms with E-state index in [0.29, 0.717) is 0 Å². The van der Waals surface area contributed by atoms with Crippen LogP contribution in [0.5, 0.6) is 0 Å². The largest absolute Gasteiger partial charge is 0.400 e. The van der Waals surface area contributed by atoms with Gasteiger partial charge in [0.2, 0.25) is 0 Å². The van der Waals surface area contributed by atoms with Gasteiger partial charge in [-0.1, -0.05) is 0 Å². The van der Waals surface area contributed by atoms with Crippen LogP contribution in [0.25, 0.3) is 0 Å². The van der Waals surface area contributed by atoms with Gasteiger partial charge >= 0.3 is 0 Å². The third kappa shape index (κ3) is 13.1. The van der Waals surface area contributed by atoms with Gasteiger partial charge in [0.15, 0.2) is 0 Å². The molecule has 0 amide bonds. The van der Waals surface area contributed by atoms with Crippen molar-refractivity contribution in [1.29, 1.82) is 0 Å². The number of hydrogen-bond donors (Lipinski definition) is 1. The molecule has 0 bridgehead atoms. The molecule has 0 atom stereocenters. The Morgan fingerprint density at radius 2 is 1.25 bits per heavy atom. The van der Waals surface area contributed by atoms with Crippen molar-refractivity contribution in [3.8, 4) is 0 Å². The van der Waals surface area contributed by atoms with E-state index in [2.05, 4.69) is 0 Å². The Bertz CT molecular complexity index is 6.00. The van der Waals surface area contributed by atoms with E-state index < -0.39 is 0 Å². The standard InChI is InChI=1S/CH4O.CH3.Cd/c1-2;;/h2H,1H3;1H3;/q;-1;. The van der Waals surface area contributed by atoms with Crippen LogP contribution < -0.4 is 0 Å². The Labute approximate surface area is 47.2 Å². The molecule has 0 radical (unpaired) electrons. The molecule has 0 aromatic heterocycles. The summed E-state index contributed by atoms with van der Waals surface area (Å²) < 4.78 is 0. The van der Waals surface area contributed by atoms with Crippen molar-refractivity contribution in [3.05, 3.63) is 7.43 Å². The summed E-state index contributed by atoms with van der Waals surface area (Å²) in [4.78, 5) is 0. The van der Waals surface area contributed by atoms with Gasteiger partial charge in [-0.25, -0.2) is 0 Å². The molecule has 2 heteroatoms. The van der Waals surface area contributed by atoms with E-state index in [1.165, 1.54) is 0 Å². The van der Waals surface area contributed by atoms with Crippen molar-refractivity contribution < 1.29 is 32.4 Å². The van der Waals surface area contributed by atoms with E-state index in [-0.39, 0.29) is 34.7 Å². The fourth-order valence-electron chi connectivity index (χ4n) is 0. The minimum atomic E-state index is 0. The second-order valence-electron chi connectivity index (χ2n) is 0. The molecule has 0 aliphatic heterocycles. The Morgan fingerprint density at radius 1 is 1.25 bits per heavy atom. The van der Waals surface area contributed by atoms with Crippen LogP contribution in [0.2, 0.25) is 0 Å². The Morgan fingerprint density at radius 3 is 1.25 bits per heavy atom. The first-order chi connectivity index (χ1) is 1.00. The number of aliphatic hydroxyl groups excluding tert-OH is 1. The predicted octanol–water partition coefficient (Wildman–Crippen LogP) is 0.0563. The summed E-state index contributed by atoms with van der Waals surface area (Å²) in [5.74, 6) is 0. The van der Waals surface area contributed by atoms with Gasteiger partial charge in [0.1, 0.15) is 0 Å². The molecule has 0 aliphatic rings. The fraction of sp³-hybridized carbons (Fsp3) is 0.500. The van der Waals surface area contributed by atoms with E-state index in [1.807, 2.05) is 0 Å². The molecule has 0 aromatic rings. The summed E-state index contributed by atoms with van der Waals surface area (Å²) in [6.45, 7) is 0. The quantitative estimate of drug-likeness (QED) is 0.391. The first-order valence-electron chi connectivity index (χ1n) is 0.447. The normalized spacial score (nSPS) is 1.50. The van der Waals surface area contributed by atoms with Gasteiger partial charge in [0.25, 0.3) is 0 Å². The van der Waals surface area contributed by atoms with Crippen LogP contribution in [-0.2, 0) is 27.3 Å². The first kappa shape index (κ1) is 20.8. The molecule has 1 N–H and O–H groups in total. The Balaban J connectivity index is -0.00000000500. The third-order valence-electron chi connectivity index (χ3n) is 0. The third-order valence-corrected chi connectivity index (χ3v) is 0. The molecule has 1 nitrogen and oxygen atoms in total. The monoisotopic (exact) mass is 161 g/mol. The van der Waals surface area contributed by atoms with Crippen molar-refractivity contribution in [3.63, 3.8) is 0 Å². The SMILES string of the molecule is CO.[CH3-].[Cd]. The molecule has 0 heterocycles. The summed E-state index contributed by atoms with van der Waals surface area (Å²) in [5.41, 5.74) is 0. The molecule has 0 aliphatic carbocycles. The van der Waals surface area contributed by atoms with Gasteiger partial charge in [0.05, 0.1) is 0 Å². The second kappa shape index (κ2) is 41.4. The minimum Gasteiger partial charge on any atom is -0.400 e. The summed E-state index contributed by atoms with van der Waals surface area (Å²) in [6.07, 6.45) is 0. The van der Waals surface area contributed by atoms with E-state index in [4.69, 9.17) is 5.11 Å². The maximum absolute atomic E-state index is 7.00. The zero-order valence-electron chi connectivity index (χ0n) is 3.15. The smallest absolute Gasteiger partial charge is 0.0319 e. The van der Waals surface area contributed by atoms with Gasteiger partial charge in [-0.2, -0.15) is 0 Å². The zero-order chi connectivity index (χ0) is 2.00. The summed E-state index contributed by atoms with van der Waals surface area (Å²) in [5, 5.41) is 7.00. The molecule has 0 saturated carbocycles. The van der Waals surface area contributed by atoms with Crippen molar-refractivity contribution in [2.24, 2.45) is 0 Å². The number of rotatable bonds is 0. The number of aliphatic hydroxyl groups is 1. The topological polar surface area (TPSA) is 20.2 Å². The van der Waals surface area contributed by atoms with Crippen molar-refractivity contribution in [2.45, 2.75) is 0 Å². The molecule has 0 aromatic carbocycles. The van der Waals surface area contributed by atoms with Crippen molar-refractivity contribution >= 4 is 0 Å². The summed E-state index contributed by atoms with van der Waals surface area (Å²) in [7, 11) is 1.00. The van der Waals surface area contributed by atoms with Gasteiger partial charge in [-0.05, 0) is 0 Å².